The number of H-pyrrole nitrogens is 1. The van der Waals surface area contributed by atoms with E-state index >= 15 is 0 Å². The lowest BCUT2D eigenvalue weighted by Crippen LogP contribution is -2.53. The molecule has 5 N–H and O–H groups in total. The van der Waals surface area contributed by atoms with Crippen LogP contribution in [0.15, 0.2) is 121 Å². The summed E-state index contributed by atoms with van der Waals surface area (Å²) in [5, 5.41) is 19.8. The summed E-state index contributed by atoms with van der Waals surface area (Å²) in [6.07, 6.45) is 1.73. The molecule has 4 aromatic carbocycles. The van der Waals surface area contributed by atoms with Gasteiger partial charge in [-0.15, -0.1) is 0 Å². The van der Waals surface area contributed by atoms with Gasteiger partial charge in [-0.2, -0.15) is 0 Å². The Morgan fingerprint density at radius 1 is 0.744 bits per heavy atom. The number of aromatic nitrogens is 1. The molecule has 2 amide bonds. The molecule has 0 radical (unpaired) electrons. The Morgan fingerprint density at radius 2 is 1.26 bits per heavy atom. The van der Waals surface area contributed by atoms with Crippen LogP contribution >= 0.6 is 0 Å². The molecule has 0 bridgehead atoms. The van der Waals surface area contributed by atoms with Crippen molar-refractivity contribution in [3.05, 3.63) is 144 Å². The summed E-state index contributed by atoms with van der Waals surface area (Å²) in [5.74, 6) is -2.33. The van der Waals surface area contributed by atoms with Gasteiger partial charge in [-0.3, -0.25) is 9.59 Å². The van der Waals surface area contributed by atoms with Gasteiger partial charge >= 0.3 is 5.97 Å². The highest BCUT2D eigenvalue weighted by Crippen LogP contribution is 2.37. The van der Waals surface area contributed by atoms with E-state index in [-0.39, 0.29) is 0 Å². The van der Waals surface area contributed by atoms with Gasteiger partial charge in [-0.1, -0.05) is 109 Å². The van der Waals surface area contributed by atoms with Crippen molar-refractivity contribution in [1.82, 2.24) is 20.9 Å². The molecule has 5 aromatic rings. The number of carbonyl (C=O) groups excluding carboxylic acids is 2. The summed E-state index contributed by atoms with van der Waals surface area (Å²) in [6, 6.07) is 34.3. The van der Waals surface area contributed by atoms with Gasteiger partial charge in [0.15, 0.2) is 0 Å². The van der Waals surface area contributed by atoms with Crippen molar-refractivity contribution in [2.45, 2.75) is 30.5 Å². The van der Waals surface area contributed by atoms with Crippen LogP contribution in [-0.4, -0.2) is 47.0 Å². The Balaban J connectivity index is 1.40. The average Bonchev–Trinajstić information content (AvgIpc) is 3.46. The number of rotatable bonds is 12. The summed E-state index contributed by atoms with van der Waals surface area (Å²) in [7, 11) is 1.65. The number of hydrogen-bond acceptors (Lipinski definition) is 4. The van der Waals surface area contributed by atoms with Crippen LogP contribution in [0.2, 0.25) is 0 Å². The summed E-state index contributed by atoms with van der Waals surface area (Å²) in [4.78, 5) is 42.6. The number of carboxylic acids is 1. The number of benzene rings is 4. The average molecular weight is 575 g/mol. The van der Waals surface area contributed by atoms with E-state index in [1.807, 2.05) is 121 Å². The zero-order valence-electron chi connectivity index (χ0n) is 23.8. The van der Waals surface area contributed by atoms with Crippen LogP contribution in [-0.2, 0) is 26.3 Å². The van der Waals surface area contributed by atoms with Gasteiger partial charge in [0.2, 0.25) is 11.8 Å². The number of amides is 2. The molecule has 0 spiro atoms. The molecule has 2 atom stereocenters. The molecule has 0 aliphatic rings. The van der Waals surface area contributed by atoms with Crippen molar-refractivity contribution in [2.75, 3.05) is 7.05 Å². The molecular formula is C35H34N4O4. The fourth-order valence-corrected chi connectivity index (χ4v) is 5.55. The third kappa shape index (κ3) is 6.34. The topological polar surface area (TPSA) is 123 Å². The predicted octanol–water partition coefficient (Wildman–Crippen LogP) is 4.37. The van der Waals surface area contributed by atoms with Crippen LogP contribution in [0.25, 0.3) is 10.9 Å². The van der Waals surface area contributed by atoms with Crippen LogP contribution in [0, 0.1) is 0 Å². The molecule has 0 fully saturated rings. The first-order valence-corrected chi connectivity index (χ1v) is 14.2. The van der Waals surface area contributed by atoms with E-state index in [2.05, 4.69) is 20.9 Å². The zero-order valence-corrected chi connectivity index (χ0v) is 23.8. The lowest BCUT2D eigenvalue weighted by molar-refractivity contribution is -0.144. The minimum Gasteiger partial charge on any atom is -0.480 e. The summed E-state index contributed by atoms with van der Waals surface area (Å²) < 4.78 is 0. The van der Waals surface area contributed by atoms with Crippen molar-refractivity contribution >= 4 is 28.7 Å². The van der Waals surface area contributed by atoms with Gasteiger partial charge in [0.25, 0.3) is 0 Å². The predicted molar refractivity (Wildman–Crippen MR) is 166 cm³/mol. The summed E-state index contributed by atoms with van der Waals surface area (Å²) in [6.45, 7) is 0. The smallest absolute Gasteiger partial charge is 0.326 e. The molecule has 43 heavy (non-hydrogen) atoms. The number of aromatic amines is 1. The van der Waals surface area contributed by atoms with Crippen molar-refractivity contribution in [3.8, 4) is 0 Å². The standard InChI is InChI=1S/C35H34N4O4/c1-36-30(21-24-23-37-29-20-12-11-19-28(24)29)33(41)38-31(34(42)43)22-32(40)39-35(25-13-5-2-6-14-25,26-15-7-3-8-16-26)27-17-9-4-10-18-27/h2-20,23,30-31,36-37H,21-22H2,1H3,(H,38,41)(H,39,40)(H,42,43)/t30-,31-/m0/s1. The molecule has 5 rings (SSSR count). The highest BCUT2D eigenvalue weighted by Gasteiger charge is 2.39. The van der Waals surface area contributed by atoms with Crippen molar-refractivity contribution in [2.24, 2.45) is 0 Å². The van der Waals surface area contributed by atoms with Crippen LogP contribution in [0.4, 0.5) is 0 Å². The van der Waals surface area contributed by atoms with E-state index < -0.39 is 41.8 Å². The first kappa shape index (κ1) is 29.3. The van der Waals surface area contributed by atoms with E-state index in [0.717, 1.165) is 33.2 Å². The van der Waals surface area contributed by atoms with Gasteiger partial charge in [-0.05, 0) is 41.8 Å². The van der Waals surface area contributed by atoms with Gasteiger partial charge in [0.05, 0.1) is 12.5 Å². The maximum absolute atomic E-state index is 13.8. The molecule has 1 heterocycles. The minimum atomic E-state index is -1.44. The van der Waals surface area contributed by atoms with Gasteiger partial charge in [0.1, 0.15) is 11.6 Å². The number of fused-ring (bicyclic) bond motifs is 1. The highest BCUT2D eigenvalue weighted by molar-refractivity contribution is 5.92. The maximum Gasteiger partial charge on any atom is 0.326 e. The Hall–Kier alpha value is -5.21. The van der Waals surface area contributed by atoms with E-state index in [4.69, 9.17) is 0 Å². The number of aliphatic carboxylic acids is 1. The van der Waals surface area contributed by atoms with E-state index in [1.165, 1.54) is 0 Å². The number of hydrogen-bond donors (Lipinski definition) is 5. The minimum absolute atomic E-state index is 0.337. The quantitative estimate of drug-likeness (QED) is 0.142. The van der Waals surface area contributed by atoms with Crippen molar-refractivity contribution in [1.29, 1.82) is 0 Å². The number of likely N-dealkylation sites (N-methyl/N-ethyl adjacent to an activating group) is 1. The largest absolute Gasteiger partial charge is 0.480 e. The third-order valence-electron chi connectivity index (χ3n) is 7.72. The molecule has 0 unspecified atom stereocenters. The molecule has 8 nitrogen and oxygen atoms in total. The molecule has 0 saturated carbocycles. The second-order valence-electron chi connectivity index (χ2n) is 10.4. The third-order valence-corrected chi connectivity index (χ3v) is 7.72. The second kappa shape index (κ2) is 13.2. The molecule has 8 heteroatoms. The Morgan fingerprint density at radius 3 is 1.77 bits per heavy atom. The number of nitrogens with one attached hydrogen (secondary N) is 4. The Kier molecular flexibility index (Phi) is 8.98. The molecule has 218 valence electrons. The van der Waals surface area contributed by atoms with Crippen LogP contribution in [0.3, 0.4) is 0 Å². The second-order valence-corrected chi connectivity index (χ2v) is 10.4. The van der Waals surface area contributed by atoms with Crippen LogP contribution in [0.5, 0.6) is 0 Å². The van der Waals surface area contributed by atoms with E-state index in [9.17, 15) is 19.5 Å². The van der Waals surface area contributed by atoms with E-state index in [0.29, 0.717) is 6.42 Å². The first-order chi connectivity index (χ1) is 20.9. The lowest BCUT2D eigenvalue weighted by Gasteiger charge is -2.37. The van der Waals surface area contributed by atoms with Crippen molar-refractivity contribution < 1.29 is 19.5 Å². The van der Waals surface area contributed by atoms with Crippen LogP contribution in [0.1, 0.15) is 28.7 Å². The number of carboxylic acid groups (broad SMARTS) is 1. The Labute approximate surface area is 250 Å². The van der Waals surface area contributed by atoms with Crippen molar-refractivity contribution in [3.63, 3.8) is 0 Å². The molecular weight excluding hydrogens is 540 g/mol. The normalized spacial score (nSPS) is 12.8. The van der Waals surface area contributed by atoms with Gasteiger partial charge in [-0.25, -0.2) is 4.79 Å². The SMILES string of the molecule is CN[C@@H](Cc1c[nH]c2ccccc12)C(=O)N[C@@H](CC(=O)NC(c1ccccc1)(c1ccccc1)c1ccccc1)C(=O)O. The molecule has 0 aliphatic heterocycles. The monoisotopic (exact) mass is 574 g/mol. The fraction of sp³-hybridized carbons (Fsp3) is 0.171. The number of para-hydroxylation sites is 1. The summed E-state index contributed by atoms with van der Waals surface area (Å²) >= 11 is 0. The fourth-order valence-electron chi connectivity index (χ4n) is 5.55. The maximum atomic E-state index is 13.8. The highest BCUT2D eigenvalue weighted by atomic mass is 16.4. The Bertz CT molecular complexity index is 1590. The molecule has 0 aliphatic carbocycles. The molecule has 0 saturated heterocycles. The summed E-state index contributed by atoms with van der Waals surface area (Å²) in [5.41, 5.74) is 3.21. The van der Waals surface area contributed by atoms with E-state index in [1.54, 1.807) is 7.05 Å². The van der Waals surface area contributed by atoms with Crippen LogP contribution < -0.4 is 16.0 Å². The first-order valence-electron chi connectivity index (χ1n) is 14.2. The molecule has 1 aromatic heterocycles. The van der Waals surface area contributed by atoms with Gasteiger partial charge < -0.3 is 26.0 Å². The number of carbonyl (C=O) groups is 3. The lowest BCUT2D eigenvalue weighted by atomic mass is 9.77. The van der Waals surface area contributed by atoms with Gasteiger partial charge in [0, 0.05) is 17.1 Å². The zero-order chi connectivity index (χ0) is 30.2.